The van der Waals surface area contributed by atoms with E-state index in [1.807, 2.05) is 0 Å². The van der Waals surface area contributed by atoms with Gasteiger partial charge in [-0.15, -0.1) is 0 Å². The Morgan fingerprint density at radius 1 is 1.19 bits per heavy atom. The van der Waals surface area contributed by atoms with Gasteiger partial charge in [-0.1, -0.05) is 6.07 Å². The Morgan fingerprint density at radius 3 is 2.28 bits per heavy atom. The molecule has 0 saturated carbocycles. The number of carbonyl (C=O) groups excluding carboxylic acids is 1. The van der Waals surface area contributed by atoms with Crippen molar-refractivity contribution in [1.29, 1.82) is 0 Å². The van der Waals surface area contributed by atoms with E-state index in [0.29, 0.717) is 0 Å². The molecule has 0 atom stereocenters. The maximum absolute atomic E-state index is 13.1. The van der Waals surface area contributed by atoms with E-state index >= 15 is 0 Å². The molecule has 2 aliphatic carbocycles. The molecule has 3 N–H and O–H groups in total. The second kappa shape index (κ2) is 9.34. The number of nitrogens with one attached hydrogen (secondary N) is 2. The molecule has 11 heteroatoms. The van der Waals surface area contributed by atoms with Crippen LogP contribution < -0.4 is 14.3 Å². The first-order chi connectivity index (χ1) is 14.5. The van der Waals surface area contributed by atoms with Gasteiger partial charge in [-0.25, -0.2) is 13.8 Å². The second-order valence-corrected chi connectivity index (χ2v) is 10.6. The van der Waals surface area contributed by atoms with E-state index < -0.39 is 21.8 Å². The average molecular weight is 471 g/mol. The summed E-state index contributed by atoms with van der Waals surface area (Å²) in [7, 11) is -2.62. The minimum absolute atomic E-state index is 0. The third-order valence-electron chi connectivity index (χ3n) is 5.73. The summed E-state index contributed by atoms with van der Waals surface area (Å²) in [6, 6.07) is 1.44. The average Bonchev–Trinajstić information content (AvgIpc) is 3.38. The fourth-order valence-electron chi connectivity index (χ4n) is 4.48. The third-order valence-corrected chi connectivity index (χ3v) is 7.10. The quantitative estimate of drug-likeness (QED) is 0.556. The van der Waals surface area contributed by atoms with Crippen molar-refractivity contribution < 1.29 is 18.3 Å². The Morgan fingerprint density at radius 2 is 1.78 bits per heavy atom. The summed E-state index contributed by atoms with van der Waals surface area (Å²) < 4.78 is 30.7. The summed E-state index contributed by atoms with van der Waals surface area (Å²) in [6.45, 7) is 2.77. The van der Waals surface area contributed by atoms with Crippen LogP contribution in [0, 0.1) is 0 Å². The molecule has 2 aliphatic rings. The van der Waals surface area contributed by atoms with E-state index in [-0.39, 0.29) is 41.8 Å². The first-order valence-electron chi connectivity index (χ1n) is 10.5. The molecular weight excluding hydrogens is 441 g/mol. The molecule has 1 aromatic carbocycles. The Kier molecular flexibility index (Phi) is 7.31. The number of carbonyl (C=O) groups is 1. The first kappa shape index (κ1) is 25.0. The Bertz CT molecular complexity index is 1090. The van der Waals surface area contributed by atoms with Crippen molar-refractivity contribution in [1.82, 2.24) is 14.5 Å². The van der Waals surface area contributed by atoms with Gasteiger partial charge >= 0.3 is 16.2 Å². The van der Waals surface area contributed by atoms with Crippen LogP contribution in [0.2, 0.25) is 0 Å². The maximum Gasteiger partial charge on any atom is 0.334 e. The van der Waals surface area contributed by atoms with Gasteiger partial charge in [0, 0.05) is 48.5 Å². The number of nitrogens with zero attached hydrogens (tertiary/aromatic N) is 3. The summed E-state index contributed by atoms with van der Waals surface area (Å²) in [6.07, 6.45) is 8.69. The first-order valence-corrected chi connectivity index (χ1v) is 12.0. The van der Waals surface area contributed by atoms with E-state index in [1.165, 1.54) is 42.0 Å². The standard InChI is InChI=1S/C21H29N5O4S.Na/c1-21(2,28)13-26(16-11-22-25(3)12-16)31(29,30)24-20(27)23-19-17-8-4-6-14(17)10-15-7-5-9-18(15)19;/h10-12,28H,4-9,13H2,1-3H3,(H2,23,24,27);. The Labute approximate surface area is 211 Å². The van der Waals surface area contributed by atoms with Gasteiger partial charge < -0.3 is 10.4 Å². The third kappa shape index (κ3) is 5.31. The van der Waals surface area contributed by atoms with Gasteiger partial charge in [0.2, 0.25) is 0 Å². The van der Waals surface area contributed by atoms with Crippen molar-refractivity contribution >= 4 is 57.2 Å². The van der Waals surface area contributed by atoms with Crippen LogP contribution >= 0.6 is 0 Å². The van der Waals surface area contributed by atoms with Crippen LogP contribution in [0.1, 0.15) is 48.9 Å². The molecule has 169 valence electrons. The van der Waals surface area contributed by atoms with Gasteiger partial charge in [-0.05, 0) is 74.6 Å². The molecule has 1 heterocycles. The molecule has 9 nitrogen and oxygen atoms in total. The fourth-order valence-corrected chi connectivity index (χ4v) is 5.74. The molecule has 1 radical (unpaired) electrons. The van der Waals surface area contributed by atoms with Crippen molar-refractivity contribution in [3.8, 4) is 0 Å². The van der Waals surface area contributed by atoms with Crippen molar-refractivity contribution in [3.63, 3.8) is 0 Å². The molecule has 2 amide bonds. The monoisotopic (exact) mass is 470 g/mol. The summed E-state index contributed by atoms with van der Waals surface area (Å²) in [5.74, 6) is 0. The molecule has 32 heavy (non-hydrogen) atoms. The molecule has 4 rings (SSSR count). The van der Waals surface area contributed by atoms with Gasteiger partial charge in [0.05, 0.1) is 24.0 Å². The molecule has 0 saturated heterocycles. The van der Waals surface area contributed by atoms with E-state index in [2.05, 4.69) is 21.2 Å². The number of urea groups is 1. The molecule has 2 aromatic rings. The summed E-state index contributed by atoms with van der Waals surface area (Å²) >= 11 is 0. The minimum atomic E-state index is -4.28. The van der Waals surface area contributed by atoms with E-state index in [1.54, 1.807) is 7.05 Å². The van der Waals surface area contributed by atoms with Crippen LogP contribution in [0.25, 0.3) is 0 Å². The topological polar surface area (TPSA) is 117 Å². The largest absolute Gasteiger partial charge is 0.389 e. The number of aryl methyl sites for hydroxylation is 3. The zero-order valence-corrected chi connectivity index (χ0v) is 21.9. The van der Waals surface area contributed by atoms with Gasteiger partial charge in [-0.2, -0.15) is 13.5 Å². The molecule has 0 spiro atoms. The molecule has 0 bridgehead atoms. The number of rotatable bonds is 6. The number of benzene rings is 1. The van der Waals surface area contributed by atoms with Gasteiger partial charge in [-0.3, -0.25) is 4.68 Å². The van der Waals surface area contributed by atoms with Crippen molar-refractivity contribution in [2.24, 2.45) is 7.05 Å². The van der Waals surface area contributed by atoms with Crippen LogP contribution in [0.15, 0.2) is 18.5 Å². The van der Waals surface area contributed by atoms with Gasteiger partial charge in [0.1, 0.15) is 0 Å². The zero-order chi connectivity index (χ0) is 22.4. The number of aliphatic hydroxyl groups is 1. The smallest absolute Gasteiger partial charge is 0.334 e. The normalized spacial score (nSPS) is 15.0. The molecule has 0 unspecified atom stereocenters. The van der Waals surface area contributed by atoms with Crippen molar-refractivity contribution in [3.05, 3.63) is 40.7 Å². The maximum atomic E-state index is 13.1. The molecule has 1 aromatic heterocycles. The van der Waals surface area contributed by atoms with Crippen LogP contribution in [0.5, 0.6) is 0 Å². The van der Waals surface area contributed by atoms with Crippen LogP contribution in [-0.2, 0) is 42.9 Å². The van der Waals surface area contributed by atoms with E-state index in [0.717, 1.165) is 59.6 Å². The molecule has 0 fully saturated rings. The predicted molar refractivity (Wildman–Crippen MR) is 124 cm³/mol. The van der Waals surface area contributed by atoms with Crippen molar-refractivity contribution in [2.75, 3.05) is 16.2 Å². The van der Waals surface area contributed by atoms with Crippen LogP contribution in [-0.4, -0.2) is 71.0 Å². The van der Waals surface area contributed by atoms with Crippen molar-refractivity contribution in [2.45, 2.75) is 58.0 Å². The number of fused-ring (bicyclic) bond motifs is 2. The van der Waals surface area contributed by atoms with Crippen LogP contribution in [0.3, 0.4) is 0 Å². The second-order valence-electron chi connectivity index (χ2n) is 8.99. The Balaban J connectivity index is 0.00000289. The fraction of sp³-hybridized carbons (Fsp3) is 0.524. The number of hydrogen-bond acceptors (Lipinski definition) is 5. The van der Waals surface area contributed by atoms with E-state index in [4.69, 9.17) is 0 Å². The molecular formula is C21H29N5NaO4S. The number of aromatic nitrogens is 2. The number of hydrogen-bond donors (Lipinski definition) is 3. The minimum Gasteiger partial charge on any atom is -0.389 e. The number of anilines is 2. The number of amides is 2. The summed E-state index contributed by atoms with van der Waals surface area (Å²) in [5, 5.41) is 17.1. The SMILES string of the molecule is Cn1cc(N(CC(C)(C)O)S(=O)(=O)NC(=O)Nc2c3c(cc4c2CCC4)CCC3)cn1.[Na]. The van der Waals surface area contributed by atoms with Gasteiger partial charge in [0.15, 0.2) is 0 Å². The zero-order valence-electron chi connectivity index (χ0n) is 19.1. The molecule has 0 aliphatic heterocycles. The van der Waals surface area contributed by atoms with Crippen LogP contribution in [0.4, 0.5) is 16.2 Å². The van der Waals surface area contributed by atoms with Gasteiger partial charge in [0.25, 0.3) is 0 Å². The van der Waals surface area contributed by atoms with E-state index in [9.17, 15) is 18.3 Å². The summed E-state index contributed by atoms with van der Waals surface area (Å²) in [5.41, 5.74) is 4.44. The predicted octanol–water partition coefficient (Wildman–Crippen LogP) is 1.66. The summed E-state index contributed by atoms with van der Waals surface area (Å²) in [4.78, 5) is 12.8. The Hall–Kier alpha value is -1.59.